The van der Waals surface area contributed by atoms with Gasteiger partial charge in [-0.2, -0.15) is 11.8 Å². The molecule has 5 nitrogen and oxygen atoms in total. The van der Waals surface area contributed by atoms with Gasteiger partial charge in [0.15, 0.2) is 5.96 Å². The third kappa shape index (κ3) is 8.16. The Labute approximate surface area is 206 Å². The fourth-order valence-electron chi connectivity index (χ4n) is 3.38. The summed E-state index contributed by atoms with van der Waals surface area (Å²) in [7, 11) is 0. The topological polar surface area (TPSA) is 48.9 Å². The minimum Gasteiger partial charge on any atom is -0.378 e. The summed E-state index contributed by atoms with van der Waals surface area (Å²) in [5, 5.41) is 6.66. The van der Waals surface area contributed by atoms with Crippen LogP contribution in [0.1, 0.15) is 23.6 Å². The molecule has 0 saturated carbocycles. The van der Waals surface area contributed by atoms with E-state index in [1.807, 2.05) is 19.2 Å². The van der Waals surface area contributed by atoms with Crippen LogP contribution >= 0.6 is 35.7 Å². The number of nitrogens with zero attached hydrogens (tertiary/aromatic N) is 2. The van der Waals surface area contributed by atoms with E-state index in [-0.39, 0.29) is 29.8 Å². The predicted molar refractivity (Wildman–Crippen MR) is 140 cm³/mol. The van der Waals surface area contributed by atoms with Gasteiger partial charge in [-0.25, -0.2) is 9.38 Å². The van der Waals surface area contributed by atoms with Gasteiger partial charge in [-0.05, 0) is 54.1 Å². The Morgan fingerprint density at radius 3 is 2.52 bits per heavy atom. The summed E-state index contributed by atoms with van der Waals surface area (Å²) < 4.78 is 19.0. The lowest BCUT2D eigenvalue weighted by atomic mass is 10.1. The molecule has 170 valence electrons. The number of rotatable bonds is 8. The summed E-state index contributed by atoms with van der Waals surface area (Å²) in [6, 6.07) is 13.6. The summed E-state index contributed by atoms with van der Waals surface area (Å²) in [6.45, 7) is 7.49. The first-order valence-electron chi connectivity index (χ1n) is 10.4. The highest BCUT2D eigenvalue weighted by atomic mass is 127. The Bertz CT molecular complexity index is 829. The highest BCUT2D eigenvalue weighted by Crippen LogP contribution is 2.18. The van der Waals surface area contributed by atoms with E-state index in [0.717, 1.165) is 61.3 Å². The highest BCUT2D eigenvalue weighted by molar-refractivity contribution is 14.0. The Kier molecular flexibility index (Phi) is 11.5. The van der Waals surface area contributed by atoms with Gasteiger partial charge in [-0.1, -0.05) is 18.2 Å². The Morgan fingerprint density at radius 1 is 1.10 bits per heavy atom. The van der Waals surface area contributed by atoms with Crippen molar-refractivity contribution in [1.82, 2.24) is 10.6 Å². The van der Waals surface area contributed by atoms with Crippen molar-refractivity contribution in [1.29, 1.82) is 0 Å². The standard InChI is InChI=1S/C23H31FN4OS.HI/c1-3-25-23(27-16-19-6-7-21(24)14-20(19)17-30-2)26-15-18-4-8-22(9-5-18)28-10-12-29-13-11-28;/h4-9,14H,3,10-13,15-17H2,1-2H3,(H2,25,26,27);1H. The molecule has 0 aliphatic carbocycles. The number of hydrogen-bond donors (Lipinski definition) is 2. The molecule has 3 rings (SSSR count). The van der Waals surface area contributed by atoms with Crippen LogP contribution < -0.4 is 15.5 Å². The van der Waals surface area contributed by atoms with Gasteiger partial charge in [0.2, 0.25) is 0 Å². The van der Waals surface area contributed by atoms with E-state index in [4.69, 9.17) is 9.73 Å². The van der Waals surface area contributed by atoms with Gasteiger partial charge >= 0.3 is 0 Å². The summed E-state index contributed by atoms with van der Waals surface area (Å²) in [4.78, 5) is 7.06. The maximum Gasteiger partial charge on any atom is 0.191 e. The van der Waals surface area contributed by atoms with Gasteiger partial charge in [0.1, 0.15) is 5.82 Å². The third-order valence-corrected chi connectivity index (χ3v) is 5.59. The van der Waals surface area contributed by atoms with E-state index in [1.54, 1.807) is 17.8 Å². The van der Waals surface area contributed by atoms with E-state index in [0.29, 0.717) is 13.1 Å². The molecule has 0 unspecified atom stereocenters. The zero-order valence-corrected chi connectivity index (χ0v) is 21.3. The smallest absolute Gasteiger partial charge is 0.191 e. The SMILES string of the molecule is CCNC(=NCc1ccc(N2CCOCC2)cc1)NCc1ccc(F)cc1CSC.I. The number of guanidine groups is 1. The Balaban J connectivity index is 0.00000341. The third-order valence-electron chi connectivity index (χ3n) is 4.99. The lowest BCUT2D eigenvalue weighted by Crippen LogP contribution is -2.37. The van der Waals surface area contributed by atoms with Crippen molar-refractivity contribution in [3.05, 3.63) is 65.0 Å². The Morgan fingerprint density at radius 2 is 1.84 bits per heavy atom. The zero-order chi connectivity index (χ0) is 21.2. The molecule has 0 bridgehead atoms. The van der Waals surface area contributed by atoms with Crippen LogP contribution in [0.25, 0.3) is 0 Å². The van der Waals surface area contributed by atoms with Crippen LogP contribution in [0.15, 0.2) is 47.5 Å². The highest BCUT2D eigenvalue weighted by Gasteiger charge is 2.11. The monoisotopic (exact) mass is 558 g/mol. The minimum absolute atomic E-state index is 0. The van der Waals surface area contributed by atoms with Crippen LogP contribution in [-0.4, -0.2) is 45.1 Å². The van der Waals surface area contributed by atoms with E-state index >= 15 is 0 Å². The fraction of sp³-hybridized carbons (Fsp3) is 0.435. The van der Waals surface area contributed by atoms with E-state index in [1.165, 1.54) is 11.8 Å². The second-order valence-electron chi connectivity index (χ2n) is 7.16. The van der Waals surface area contributed by atoms with Crippen LogP contribution in [0.2, 0.25) is 0 Å². The molecule has 2 aromatic rings. The first kappa shape index (κ1) is 25.7. The molecule has 1 saturated heterocycles. The van der Waals surface area contributed by atoms with Gasteiger partial charge in [-0.15, -0.1) is 24.0 Å². The molecule has 1 aliphatic rings. The molecule has 2 aromatic carbocycles. The number of anilines is 1. The normalized spacial score (nSPS) is 14.2. The molecule has 0 spiro atoms. The number of thioether (sulfide) groups is 1. The maximum atomic E-state index is 13.6. The fourth-order valence-corrected chi connectivity index (χ4v) is 3.96. The predicted octanol–water partition coefficient (Wildman–Crippen LogP) is 4.40. The van der Waals surface area contributed by atoms with Crippen LogP contribution in [0.5, 0.6) is 0 Å². The maximum absolute atomic E-state index is 13.6. The van der Waals surface area contributed by atoms with Crippen molar-refractivity contribution in [3.8, 4) is 0 Å². The molecule has 8 heteroatoms. The first-order chi connectivity index (χ1) is 14.7. The lowest BCUT2D eigenvalue weighted by Gasteiger charge is -2.28. The molecular weight excluding hydrogens is 526 g/mol. The van der Waals surface area contributed by atoms with Gasteiger partial charge in [0.05, 0.1) is 19.8 Å². The second-order valence-corrected chi connectivity index (χ2v) is 8.03. The van der Waals surface area contributed by atoms with Crippen LogP contribution in [0.3, 0.4) is 0 Å². The average Bonchev–Trinajstić information content (AvgIpc) is 2.78. The van der Waals surface area contributed by atoms with Gasteiger partial charge in [0, 0.05) is 37.6 Å². The van der Waals surface area contributed by atoms with E-state index in [9.17, 15) is 4.39 Å². The Hall–Kier alpha value is -1.52. The molecule has 0 aromatic heterocycles. The number of benzene rings is 2. The molecule has 1 aliphatic heterocycles. The summed E-state index contributed by atoms with van der Waals surface area (Å²) in [6.07, 6.45) is 2.03. The number of nitrogens with one attached hydrogen (secondary N) is 2. The molecule has 0 radical (unpaired) electrons. The van der Waals surface area contributed by atoms with Crippen LogP contribution in [0.4, 0.5) is 10.1 Å². The largest absolute Gasteiger partial charge is 0.378 e. The van der Waals surface area contributed by atoms with Crippen molar-refractivity contribution in [2.75, 3.05) is 44.0 Å². The van der Waals surface area contributed by atoms with E-state index < -0.39 is 0 Å². The number of morpholine rings is 1. The number of aliphatic imine (C=N–C) groups is 1. The summed E-state index contributed by atoms with van der Waals surface area (Å²) >= 11 is 1.69. The average molecular weight is 559 g/mol. The van der Waals surface area contributed by atoms with Crippen molar-refractivity contribution in [2.24, 2.45) is 4.99 Å². The number of ether oxygens (including phenoxy) is 1. The van der Waals surface area contributed by atoms with Crippen LogP contribution in [-0.2, 0) is 23.6 Å². The lowest BCUT2D eigenvalue weighted by molar-refractivity contribution is 0.122. The summed E-state index contributed by atoms with van der Waals surface area (Å²) in [5.74, 6) is 1.36. The van der Waals surface area contributed by atoms with Crippen molar-refractivity contribution in [2.45, 2.75) is 25.8 Å². The number of hydrogen-bond acceptors (Lipinski definition) is 4. The summed E-state index contributed by atoms with van der Waals surface area (Å²) in [5.41, 5.74) is 4.50. The van der Waals surface area contributed by atoms with Crippen molar-refractivity contribution >= 4 is 47.4 Å². The minimum atomic E-state index is -0.191. The molecule has 2 N–H and O–H groups in total. The van der Waals surface area contributed by atoms with Gasteiger partial charge in [0.25, 0.3) is 0 Å². The molecular formula is C23H32FIN4OS. The molecule has 0 amide bonds. The number of halogens is 2. The zero-order valence-electron chi connectivity index (χ0n) is 18.2. The molecule has 1 fully saturated rings. The van der Waals surface area contributed by atoms with E-state index in [2.05, 4.69) is 39.8 Å². The first-order valence-corrected chi connectivity index (χ1v) is 11.8. The van der Waals surface area contributed by atoms with Crippen molar-refractivity contribution in [3.63, 3.8) is 0 Å². The second kappa shape index (κ2) is 13.8. The van der Waals surface area contributed by atoms with Crippen LogP contribution in [0, 0.1) is 5.82 Å². The quantitative estimate of drug-likeness (QED) is 0.286. The van der Waals surface area contributed by atoms with Gasteiger partial charge < -0.3 is 20.3 Å². The van der Waals surface area contributed by atoms with Crippen molar-refractivity contribution < 1.29 is 9.13 Å². The molecule has 0 atom stereocenters. The molecule has 31 heavy (non-hydrogen) atoms. The molecule has 1 heterocycles. The van der Waals surface area contributed by atoms with Gasteiger partial charge in [-0.3, -0.25) is 0 Å².